The fourth-order valence-electron chi connectivity index (χ4n) is 4.64. The number of aliphatic hydroxyl groups excluding tert-OH is 1. The molecule has 0 radical (unpaired) electrons. The van der Waals surface area contributed by atoms with Gasteiger partial charge in [0.1, 0.15) is 6.10 Å². The number of rotatable bonds is 5. The number of hydrogen-bond donors (Lipinski definition) is 2. The minimum atomic E-state index is -5.13. The van der Waals surface area contributed by atoms with E-state index >= 15 is 0 Å². The lowest BCUT2D eigenvalue weighted by Crippen LogP contribution is -2.68. The molecule has 2 unspecified atom stereocenters. The number of carbonyl (C=O) groups excluding carboxylic acids is 1. The largest absolute Gasteiger partial charge is 0.395 e. The normalized spacial score (nSPS) is 25.4. The first-order chi connectivity index (χ1) is 16.9. The smallest absolute Gasteiger partial charge is 0.388 e. The van der Waals surface area contributed by atoms with Crippen LogP contribution >= 0.6 is 0 Å². The second-order valence-electron chi connectivity index (χ2n) is 8.79. The molecule has 0 aromatic heterocycles. The molecule has 0 bridgehead atoms. The topological polar surface area (TPSA) is 94.9 Å². The van der Waals surface area contributed by atoms with Gasteiger partial charge < -0.3 is 10.2 Å². The van der Waals surface area contributed by atoms with Crippen molar-refractivity contribution in [2.75, 3.05) is 6.54 Å². The van der Waals surface area contributed by atoms with Crippen LogP contribution in [0.5, 0.6) is 0 Å². The summed E-state index contributed by atoms with van der Waals surface area (Å²) < 4.78 is 71.1. The maximum absolute atomic E-state index is 14.4. The Kier molecular flexibility index (Phi) is 6.82. The molecule has 0 saturated carbocycles. The van der Waals surface area contributed by atoms with E-state index in [2.05, 4.69) is 0 Å². The van der Waals surface area contributed by atoms with Crippen LogP contribution in [0, 0.1) is 18.8 Å². The third-order valence-electron chi connectivity index (χ3n) is 6.51. The molecule has 0 spiro atoms. The van der Waals surface area contributed by atoms with Gasteiger partial charge in [0.25, 0.3) is 0 Å². The van der Waals surface area contributed by atoms with E-state index in [9.17, 15) is 36.6 Å². The summed E-state index contributed by atoms with van der Waals surface area (Å²) in [6, 6.07) is 19.5. The third kappa shape index (κ3) is 4.45. The minimum Gasteiger partial charge on any atom is -0.388 e. The molecule has 2 N–H and O–H groups in total. The first-order valence-corrected chi connectivity index (χ1v) is 12.5. The van der Waals surface area contributed by atoms with Gasteiger partial charge in [0, 0.05) is 17.7 Å². The maximum Gasteiger partial charge on any atom is 0.395 e. The summed E-state index contributed by atoms with van der Waals surface area (Å²) in [4.78, 5) is 13.0. The molecule has 1 heterocycles. The van der Waals surface area contributed by atoms with Gasteiger partial charge in [-0.05, 0) is 19.1 Å². The van der Waals surface area contributed by atoms with E-state index in [0.29, 0.717) is 4.31 Å². The van der Waals surface area contributed by atoms with E-state index in [4.69, 9.17) is 0 Å². The second-order valence-corrected chi connectivity index (χ2v) is 10.7. The number of aliphatic hydroxyl groups is 2. The number of halogens is 3. The number of hydrogen-bond acceptors (Lipinski definition) is 5. The Labute approximate surface area is 206 Å². The van der Waals surface area contributed by atoms with E-state index in [1.807, 2.05) is 0 Å². The summed E-state index contributed by atoms with van der Waals surface area (Å²) in [7, 11) is -4.68. The summed E-state index contributed by atoms with van der Waals surface area (Å²) in [5.41, 5.74) is -2.59. The standard InChI is InChI=1S/C26H24F3NO5S/c1-17-12-14-20(15-13-17)36(34,35)30-16-21(23(31)18-8-4-2-5-9-18)22(26(27,28)29)24(32)25(30,33)19-10-6-3-7-11-19/h2-15,21-22,24,32-33H,16H2,1H3/t21-,22-,24?,25?/m0/s1. The summed E-state index contributed by atoms with van der Waals surface area (Å²) >= 11 is 0. The first kappa shape index (κ1) is 26.0. The van der Waals surface area contributed by atoms with Crippen molar-refractivity contribution in [3.8, 4) is 0 Å². The van der Waals surface area contributed by atoms with Crippen molar-refractivity contribution in [2.24, 2.45) is 11.8 Å². The van der Waals surface area contributed by atoms with Crippen molar-refractivity contribution in [2.45, 2.75) is 29.8 Å². The van der Waals surface area contributed by atoms with Crippen LogP contribution in [0.4, 0.5) is 13.2 Å². The Morgan fingerprint density at radius 2 is 1.47 bits per heavy atom. The predicted octanol–water partition coefficient (Wildman–Crippen LogP) is 3.88. The highest BCUT2D eigenvalue weighted by atomic mass is 32.2. The number of carbonyl (C=O) groups is 1. The van der Waals surface area contributed by atoms with Crippen molar-refractivity contribution in [1.82, 2.24) is 4.31 Å². The van der Waals surface area contributed by atoms with Crippen LogP contribution in [0.2, 0.25) is 0 Å². The van der Waals surface area contributed by atoms with Gasteiger partial charge in [-0.15, -0.1) is 0 Å². The SMILES string of the molecule is Cc1ccc(S(=O)(=O)N2C[C@H](C(=O)c3ccccc3)[C@H](C(F)(F)F)C(O)C2(O)c2ccccc2)cc1. The molecule has 0 amide bonds. The molecule has 1 saturated heterocycles. The fourth-order valence-corrected chi connectivity index (χ4v) is 6.31. The molecule has 4 rings (SSSR count). The lowest BCUT2D eigenvalue weighted by Gasteiger charge is -2.51. The van der Waals surface area contributed by atoms with Crippen molar-refractivity contribution < 1.29 is 36.6 Å². The number of aryl methyl sites for hydroxylation is 1. The second kappa shape index (κ2) is 9.44. The highest BCUT2D eigenvalue weighted by molar-refractivity contribution is 7.89. The number of ketones is 1. The fraction of sp³-hybridized carbons (Fsp3) is 0.269. The van der Waals surface area contributed by atoms with Crippen LogP contribution < -0.4 is 0 Å². The van der Waals surface area contributed by atoms with Crippen molar-refractivity contribution >= 4 is 15.8 Å². The average Bonchev–Trinajstić information content (AvgIpc) is 2.85. The monoisotopic (exact) mass is 519 g/mol. The van der Waals surface area contributed by atoms with Gasteiger partial charge in [-0.3, -0.25) is 4.79 Å². The number of benzene rings is 3. The molecule has 6 nitrogen and oxygen atoms in total. The summed E-state index contributed by atoms with van der Waals surface area (Å²) in [6.45, 7) is 0.723. The predicted molar refractivity (Wildman–Crippen MR) is 125 cm³/mol. The number of alkyl halides is 3. The quantitative estimate of drug-likeness (QED) is 0.499. The molecule has 3 aromatic rings. The Bertz CT molecular complexity index is 1330. The zero-order valence-corrected chi connectivity index (χ0v) is 19.9. The average molecular weight is 520 g/mol. The molecule has 1 aliphatic rings. The molecular formula is C26H24F3NO5S. The van der Waals surface area contributed by atoms with Crippen molar-refractivity contribution in [3.63, 3.8) is 0 Å². The lowest BCUT2D eigenvalue weighted by molar-refractivity contribution is -0.281. The van der Waals surface area contributed by atoms with Crippen LogP contribution in [0.1, 0.15) is 21.5 Å². The van der Waals surface area contributed by atoms with Gasteiger partial charge >= 0.3 is 6.18 Å². The number of piperidine rings is 1. The van der Waals surface area contributed by atoms with Gasteiger partial charge in [-0.1, -0.05) is 78.4 Å². The van der Waals surface area contributed by atoms with Crippen LogP contribution in [0.15, 0.2) is 89.8 Å². The molecule has 10 heteroatoms. The van der Waals surface area contributed by atoms with Crippen LogP contribution in [-0.4, -0.2) is 47.5 Å². The minimum absolute atomic E-state index is 0.0678. The lowest BCUT2D eigenvalue weighted by atomic mass is 9.73. The zero-order valence-electron chi connectivity index (χ0n) is 19.1. The summed E-state index contributed by atoms with van der Waals surface area (Å²) in [5, 5.41) is 22.9. The Morgan fingerprint density at radius 3 is 2.00 bits per heavy atom. The number of nitrogens with zero attached hydrogens (tertiary/aromatic N) is 1. The molecular weight excluding hydrogens is 495 g/mol. The van der Waals surface area contributed by atoms with E-state index in [1.165, 1.54) is 78.9 Å². The Morgan fingerprint density at radius 1 is 0.944 bits per heavy atom. The summed E-state index contributed by atoms with van der Waals surface area (Å²) in [5.74, 6) is -5.73. The van der Waals surface area contributed by atoms with Crippen LogP contribution in [0.25, 0.3) is 0 Å². The molecule has 0 aliphatic carbocycles. The van der Waals surface area contributed by atoms with Gasteiger partial charge in [-0.25, -0.2) is 8.42 Å². The van der Waals surface area contributed by atoms with E-state index < -0.39 is 52.2 Å². The van der Waals surface area contributed by atoms with Gasteiger partial charge in [-0.2, -0.15) is 17.5 Å². The van der Waals surface area contributed by atoms with Gasteiger partial charge in [0.2, 0.25) is 10.0 Å². The number of sulfonamides is 1. The molecule has 1 fully saturated rings. The maximum atomic E-state index is 14.4. The molecule has 3 aromatic carbocycles. The highest BCUT2D eigenvalue weighted by Gasteiger charge is 2.65. The molecule has 1 aliphatic heterocycles. The van der Waals surface area contributed by atoms with E-state index in [-0.39, 0.29) is 16.0 Å². The number of Topliss-reactive ketones (excluding diaryl/α,β-unsaturated/α-hetero) is 1. The summed E-state index contributed by atoms with van der Waals surface area (Å²) in [6.07, 6.45) is -7.83. The van der Waals surface area contributed by atoms with Crippen molar-refractivity contribution in [3.05, 3.63) is 102 Å². The van der Waals surface area contributed by atoms with E-state index in [0.717, 1.165) is 5.56 Å². The Balaban J connectivity index is 1.94. The van der Waals surface area contributed by atoms with Crippen LogP contribution in [0.3, 0.4) is 0 Å². The van der Waals surface area contributed by atoms with Gasteiger partial charge in [0.15, 0.2) is 11.5 Å². The molecule has 36 heavy (non-hydrogen) atoms. The van der Waals surface area contributed by atoms with Crippen molar-refractivity contribution in [1.29, 1.82) is 0 Å². The molecule has 190 valence electrons. The van der Waals surface area contributed by atoms with E-state index in [1.54, 1.807) is 13.0 Å². The molecule has 4 atom stereocenters. The highest BCUT2D eigenvalue weighted by Crippen LogP contribution is 2.49. The Hall–Kier alpha value is -3.05. The van der Waals surface area contributed by atoms with Gasteiger partial charge in [0.05, 0.1) is 16.7 Å². The van der Waals surface area contributed by atoms with Crippen LogP contribution in [-0.2, 0) is 15.7 Å². The zero-order chi connectivity index (χ0) is 26.3. The third-order valence-corrected chi connectivity index (χ3v) is 8.39. The first-order valence-electron chi connectivity index (χ1n) is 11.1.